The SMILES string of the molecule is CCN(c1sc(C(C)O)cc1[N+](=O)[O-])C1CCCCC1. The smallest absolute Gasteiger partial charge is 0.304 e. The first kappa shape index (κ1) is 15.3. The molecule has 1 unspecified atom stereocenters. The zero-order chi connectivity index (χ0) is 14.7. The van der Waals surface area contributed by atoms with Crippen LogP contribution in [0.4, 0.5) is 10.7 Å². The van der Waals surface area contributed by atoms with Gasteiger partial charge in [0.2, 0.25) is 0 Å². The van der Waals surface area contributed by atoms with Crippen LogP contribution in [0, 0.1) is 10.1 Å². The van der Waals surface area contributed by atoms with Crippen LogP contribution in [0.3, 0.4) is 0 Å². The molecule has 112 valence electrons. The Hall–Kier alpha value is -1.14. The molecule has 0 radical (unpaired) electrons. The predicted octanol–water partition coefficient (Wildman–Crippen LogP) is 3.87. The summed E-state index contributed by atoms with van der Waals surface area (Å²) in [6.45, 7) is 4.46. The van der Waals surface area contributed by atoms with E-state index in [0.29, 0.717) is 15.9 Å². The van der Waals surface area contributed by atoms with Crippen LogP contribution in [0.2, 0.25) is 0 Å². The Morgan fingerprint density at radius 2 is 2.15 bits per heavy atom. The Morgan fingerprint density at radius 1 is 1.50 bits per heavy atom. The second-order valence-corrected chi connectivity index (χ2v) is 6.41. The maximum absolute atomic E-state index is 11.3. The van der Waals surface area contributed by atoms with Gasteiger partial charge in [0.25, 0.3) is 0 Å². The van der Waals surface area contributed by atoms with Gasteiger partial charge in [-0.3, -0.25) is 10.1 Å². The van der Waals surface area contributed by atoms with Crippen molar-refractivity contribution in [3.8, 4) is 0 Å². The van der Waals surface area contributed by atoms with Crippen molar-refractivity contribution < 1.29 is 10.0 Å². The number of thiophene rings is 1. The van der Waals surface area contributed by atoms with Gasteiger partial charge in [0.1, 0.15) is 0 Å². The number of aliphatic hydroxyl groups excluding tert-OH is 1. The monoisotopic (exact) mass is 298 g/mol. The van der Waals surface area contributed by atoms with Crippen molar-refractivity contribution in [3.63, 3.8) is 0 Å². The molecule has 2 rings (SSSR count). The van der Waals surface area contributed by atoms with Gasteiger partial charge in [0, 0.05) is 23.5 Å². The summed E-state index contributed by atoms with van der Waals surface area (Å²) in [7, 11) is 0. The third-order valence-electron chi connectivity index (χ3n) is 3.94. The van der Waals surface area contributed by atoms with Crippen molar-refractivity contribution in [2.24, 2.45) is 0 Å². The third kappa shape index (κ3) is 3.12. The molecule has 0 spiro atoms. The lowest BCUT2D eigenvalue weighted by Gasteiger charge is -2.33. The van der Waals surface area contributed by atoms with Crippen LogP contribution in [0.5, 0.6) is 0 Å². The van der Waals surface area contributed by atoms with Crippen molar-refractivity contribution in [2.45, 2.75) is 58.1 Å². The fourth-order valence-electron chi connectivity index (χ4n) is 2.89. The minimum absolute atomic E-state index is 0.137. The van der Waals surface area contributed by atoms with Crippen LogP contribution >= 0.6 is 11.3 Å². The van der Waals surface area contributed by atoms with Crippen molar-refractivity contribution >= 4 is 22.0 Å². The highest BCUT2D eigenvalue weighted by molar-refractivity contribution is 7.16. The van der Waals surface area contributed by atoms with Crippen molar-refractivity contribution in [3.05, 3.63) is 21.1 Å². The number of hydrogen-bond donors (Lipinski definition) is 1. The maximum Gasteiger partial charge on any atom is 0.304 e. The first-order chi connectivity index (χ1) is 9.54. The minimum atomic E-state index is -0.655. The molecule has 1 aliphatic carbocycles. The molecule has 6 heteroatoms. The van der Waals surface area contributed by atoms with E-state index in [4.69, 9.17) is 0 Å². The Morgan fingerprint density at radius 3 is 2.65 bits per heavy atom. The van der Waals surface area contributed by atoms with E-state index >= 15 is 0 Å². The number of aliphatic hydroxyl groups is 1. The quantitative estimate of drug-likeness (QED) is 0.662. The molecule has 0 aromatic carbocycles. The van der Waals surface area contributed by atoms with E-state index < -0.39 is 6.10 Å². The highest BCUT2D eigenvalue weighted by Gasteiger charge is 2.29. The van der Waals surface area contributed by atoms with Crippen molar-refractivity contribution in [1.82, 2.24) is 0 Å². The lowest BCUT2D eigenvalue weighted by Crippen LogP contribution is -2.36. The van der Waals surface area contributed by atoms with Crippen LogP contribution in [-0.2, 0) is 0 Å². The molecule has 0 bridgehead atoms. The van der Waals surface area contributed by atoms with E-state index in [-0.39, 0.29) is 10.6 Å². The molecule has 20 heavy (non-hydrogen) atoms. The van der Waals surface area contributed by atoms with Crippen LogP contribution in [0.1, 0.15) is 56.9 Å². The Labute approximate surface area is 123 Å². The fourth-order valence-corrected chi connectivity index (χ4v) is 4.09. The summed E-state index contributed by atoms with van der Waals surface area (Å²) < 4.78 is 0. The highest BCUT2D eigenvalue weighted by Crippen LogP contribution is 2.42. The molecule has 5 nitrogen and oxygen atoms in total. The van der Waals surface area contributed by atoms with Gasteiger partial charge in [0.05, 0.1) is 11.0 Å². The van der Waals surface area contributed by atoms with Gasteiger partial charge in [-0.25, -0.2) is 0 Å². The Bertz CT molecular complexity index is 467. The average Bonchev–Trinajstić information content (AvgIpc) is 2.86. The summed E-state index contributed by atoms with van der Waals surface area (Å²) in [4.78, 5) is 13.8. The van der Waals surface area contributed by atoms with Gasteiger partial charge in [-0.2, -0.15) is 0 Å². The van der Waals surface area contributed by atoms with Gasteiger partial charge < -0.3 is 10.0 Å². The zero-order valence-electron chi connectivity index (χ0n) is 12.0. The summed E-state index contributed by atoms with van der Waals surface area (Å²) in [5.74, 6) is 0. The number of rotatable bonds is 5. The lowest BCUT2D eigenvalue weighted by molar-refractivity contribution is -0.383. The first-order valence-electron chi connectivity index (χ1n) is 7.27. The largest absolute Gasteiger partial charge is 0.388 e. The molecule has 1 heterocycles. The topological polar surface area (TPSA) is 66.6 Å². The van der Waals surface area contributed by atoms with Crippen molar-refractivity contribution in [2.75, 3.05) is 11.4 Å². The summed E-state index contributed by atoms with van der Waals surface area (Å²) >= 11 is 1.36. The molecule has 1 aromatic heterocycles. The van der Waals surface area contributed by atoms with E-state index in [9.17, 15) is 15.2 Å². The van der Waals surface area contributed by atoms with E-state index in [0.717, 1.165) is 19.4 Å². The third-order valence-corrected chi connectivity index (χ3v) is 5.27. The Kier molecular flexibility index (Phi) is 4.99. The van der Waals surface area contributed by atoms with Crippen LogP contribution in [-0.4, -0.2) is 22.6 Å². The van der Waals surface area contributed by atoms with E-state index in [1.54, 1.807) is 6.92 Å². The molecule has 1 saturated carbocycles. The summed E-state index contributed by atoms with van der Waals surface area (Å²) in [5, 5.41) is 21.7. The summed E-state index contributed by atoms with van der Waals surface area (Å²) in [5.41, 5.74) is 0.137. The molecule has 0 amide bonds. The van der Waals surface area contributed by atoms with Gasteiger partial charge in [-0.05, 0) is 26.7 Å². The van der Waals surface area contributed by atoms with Crippen LogP contribution in [0.25, 0.3) is 0 Å². The normalized spacial score (nSPS) is 17.9. The molecule has 1 aliphatic rings. The van der Waals surface area contributed by atoms with Crippen LogP contribution < -0.4 is 4.90 Å². The first-order valence-corrected chi connectivity index (χ1v) is 8.09. The number of nitrogens with zero attached hydrogens (tertiary/aromatic N) is 2. The molecule has 1 N–H and O–H groups in total. The predicted molar refractivity (Wildman–Crippen MR) is 81.5 cm³/mol. The highest BCUT2D eigenvalue weighted by atomic mass is 32.1. The number of anilines is 1. The molecule has 1 aromatic rings. The van der Waals surface area contributed by atoms with Gasteiger partial charge >= 0.3 is 5.69 Å². The minimum Gasteiger partial charge on any atom is -0.388 e. The summed E-state index contributed by atoms with van der Waals surface area (Å²) in [6, 6.07) is 1.92. The van der Waals surface area contributed by atoms with Gasteiger partial charge in [-0.1, -0.05) is 19.3 Å². The fraction of sp³-hybridized carbons (Fsp3) is 0.714. The molecule has 1 atom stereocenters. The number of hydrogen-bond acceptors (Lipinski definition) is 5. The number of nitro groups is 1. The second kappa shape index (κ2) is 6.54. The molecular formula is C14H22N2O3S. The molecule has 0 saturated heterocycles. The van der Waals surface area contributed by atoms with E-state index in [1.807, 2.05) is 6.92 Å². The van der Waals surface area contributed by atoms with Gasteiger partial charge in [-0.15, -0.1) is 11.3 Å². The van der Waals surface area contributed by atoms with Crippen LogP contribution in [0.15, 0.2) is 6.07 Å². The lowest BCUT2D eigenvalue weighted by atomic mass is 9.94. The molecule has 0 aliphatic heterocycles. The Balaban J connectivity index is 2.34. The van der Waals surface area contributed by atoms with Crippen molar-refractivity contribution in [1.29, 1.82) is 0 Å². The zero-order valence-corrected chi connectivity index (χ0v) is 12.9. The molecular weight excluding hydrogens is 276 g/mol. The van der Waals surface area contributed by atoms with E-state index in [2.05, 4.69) is 4.90 Å². The maximum atomic E-state index is 11.3. The standard InChI is InChI=1S/C14H22N2O3S/c1-3-15(11-7-5-4-6-8-11)14-12(16(18)19)9-13(20-14)10(2)17/h9-11,17H,3-8H2,1-2H3. The van der Waals surface area contributed by atoms with Gasteiger partial charge in [0.15, 0.2) is 5.00 Å². The second-order valence-electron chi connectivity index (χ2n) is 5.35. The average molecular weight is 298 g/mol. The molecule has 1 fully saturated rings. The van der Waals surface area contributed by atoms with E-state index in [1.165, 1.54) is 36.7 Å². The summed E-state index contributed by atoms with van der Waals surface area (Å²) in [6.07, 6.45) is 5.21.